The maximum Gasteiger partial charge on any atom is 0.222 e. The van der Waals surface area contributed by atoms with Crippen LogP contribution in [-0.2, 0) is 11.3 Å². The monoisotopic (exact) mass is 432 g/mol. The second kappa shape index (κ2) is 7.46. The molecule has 3 aliphatic rings. The summed E-state index contributed by atoms with van der Waals surface area (Å²) in [7, 11) is 0. The van der Waals surface area contributed by atoms with Crippen LogP contribution in [0.1, 0.15) is 57.4 Å². The number of carbonyl (C=O) groups excluding carboxylic acids is 1. The fourth-order valence-electron chi connectivity index (χ4n) is 5.38. The number of nitrogens with zero attached hydrogens (tertiary/aromatic N) is 2. The van der Waals surface area contributed by atoms with Crippen LogP contribution in [0, 0.1) is 11.8 Å². The van der Waals surface area contributed by atoms with Crippen molar-refractivity contribution in [2.24, 2.45) is 22.6 Å². The molecule has 3 unspecified atom stereocenters. The predicted molar refractivity (Wildman–Crippen MR) is 112 cm³/mol. The molecule has 1 aromatic rings. The summed E-state index contributed by atoms with van der Waals surface area (Å²) in [6.07, 6.45) is 7.88. The molecular weight excluding hydrogens is 404 g/mol. The van der Waals surface area contributed by atoms with Crippen LogP contribution in [0.15, 0.2) is 27.7 Å². The minimum Gasteiger partial charge on any atom is -0.369 e. The van der Waals surface area contributed by atoms with Gasteiger partial charge in [-0.25, -0.2) is 4.99 Å². The smallest absolute Gasteiger partial charge is 0.222 e. The highest BCUT2D eigenvalue weighted by atomic mass is 79.9. The Hall–Kier alpha value is -1.56. The van der Waals surface area contributed by atoms with Gasteiger partial charge in [-0.15, -0.1) is 0 Å². The van der Waals surface area contributed by atoms with E-state index in [1.807, 2.05) is 17.0 Å². The van der Waals surface area contributed by atoms with E-state index < -0.39 is 0 Å². The highest BCUT2D eigenvalue weighted by Gasteiger charge is 2.48. The van der Waals surface area contributed by atoms with Gasteiger partial charge in [-0.2, -0.15) is 0 Å². The Balaban J connectivity index is 1.37. The minimum absolute atomic E-state index is 0.0250. The first-order valence-corrected chi connectivity index (χ1v) is 11.0. The molecule has 2 bridgehead atoms. The quantitative estimate of drug-likeness (QED) is 0.735. The van der Waals surface area contributed by atoms with E-state index in [1.165, 1.54) is 25.7 Å². The number of benzene rings is 1. The molecule has 27 heavy (non-hydrogen) atoms. The first-order valence-electron chi connectivity index (χ1n) is 10.2. The Bertz CT molecular complexity index is 765. The van der Waals surface area contributed by atoms with E-state index in [2.05, 4.69) is 39.2 Å². The van der Waals surface area contributed by atoms with Crippen molar-refractivity contribution in [3.05, 3.63) is 28.2 Å². The highest BCUT2D eigenvalue weighted by molar-refractivity contribution is 9.10. The Kier molecular flexibility index (Phi) is 5.19. The molecule has 1 amide bonds. The van der Waals surface area contributed by atoms with Gasteiger partial charge in [0, 0.05) is 29.5 Å². The molecule has 4 rings (SSSR count). The largest absolute Gasteiger partial charge is 0.369 e. The second-order valence-corrected chi connectivity index (χ2v) is 9.32. The van der Waals surface area contributed by atoms with Gasteiger partial charge in [-0.05, 0) is 61.3 Å². The number of hydrogen-bond donors (Lipinski definition) is 2. The SMILES string of the molecule is CCC1(NC(=O)CCN2Cc3cc(Br)ccc3N=C2N)CC2CCCC1C2. The van der Waals surface area contributed by atoms with Gasteiger partial charge in [0.05, 0.1) is 5.69 Å². The number of nitrogens with two attached hydrogens (primary N) is 1. The summed E-state index contributed by atoms with van der Waals surface area (Å²) in [5.74, 6) is 2.12. The van der Waals surface area contributed by atoms with Crippen molar-refractivity contribution >= 4 is 33.5 Å². The summed E-state index contributed by atoms with van der Waals surface area (Å²) in [6.45, 7) is 3.52. The summed E-state index contributed by atoms with van der Waals surface area (Å²) < 4.78 is 1.03. The van der Waals surface area contributed by atoms with Crippen molar-refractivity contribution in [2.45, 2.75) is 64.0 Å². The fourth-order valence-corrected chi connectivity index (χ4v) is 5.78. The van der Waals surface area contributed by atoms with Gasteiger partial charge in [0.1, 0.15) is 0 Å². The summed E-state index contributed by atoms with van der Waals surface area (Å²) >= 11 is 3.51. The lowest BCUT2D eigenvalue weighted by molar-refractivity contribution is -0.123. The molecule has 1 heterocycles. The molecule has 3 atom stereocenters. The summed E-state index contributed by atoms with van der Waals surface area (Å²) in [5.41, 5.74) is 8.21. The maximum atomic E-state index is 12.8. The molecule has 1 aromatic carbocycles. The van der Waals surface area contributed by atoms with Gasteiger partial charge in [0.15, 0.2) is 5.96 Å². The number of amides is 1. The zero-order valence-corrected chi connectivity index (χ0v) is 17.6. The molecule has 5 nitrogen and oxygen atoms in total. The van der Waals surface area contributed by atoms with Crippen LogP contribution in [0.2, 0.25) is 0 Å². The van der Waals surface area contributed by atoms with Crippen LogP contribution in [0.3, 0.4) is 0 Å². The lowest BCUT2D eigenvalue weighted by Gasteiger charge is -2.36. The van der Waals surface area contributed by atoms with Gasteiger partial charge in [-0.3, -0.25) is 4.79 Å². The molecule has 0 radical (unpaired) electrons. The summed E-state index contributed by atoms with van der Waals surface area (Å²) in [5, 5.41) is 3.44. The second-order valence-electron chi connectivity index (χ2n) is 8.41. The van der Waals surface area contributed by atoms with Crippen LogP contribution in [0.25, 0.3) is 0 Å². The molecule has 2 fully saturated rings. The Morgan fingerprint density at radius 1 is 1.44 bits per heavy atom. The molecule has 2 saturated carbocycles. The predicted octanol–water partition coefficient (Wildman–Crippen LogP) is 4.08. The third-order valence-electron chi connectivity index (χ3n) is 6.81. The standard InChI is InChI=1S/C21H29BrN4O/c1-2-21(12-14-4-3-5-16(21)10-14)25-19(27)8-9-26-13-15-11-17(22)6-7-18(15)24-20(26)23/h6-7,11,14,16H,2-5,8-10,12-13H2,1H3,(H2,23,24)(H,25,27). The van der Waals surface area contributed by atoms with Crippen molar-refractivity contribution in [1.29, 1.82) is 0 Å². The van der Waals surface area contributed by atoms with Crippen molar-refractivity contribution in [1.82, 2.24) is 10.2 Å². The van der Waals surface area contributed by atoms with Crippen LogP contribution in [0.5, 0.6) is 0 Å². The number of rotatable bonds is 5. The molecule has 0 aromatic heterocycles. The average Bonchev–Trinajstić information content (AvgIpc) is 2.90. The third-order valence-corrected chi connectivity index (χ3v) is 7.30. The van der Waals surface area contributed by atoms with Crippen molar-refractivity contribution in [3.63, 3.8) is 0 Å². The van der Waals surface area contributed by atoms with Crippen LogP contribution >= 0.6 is 15.9 Å². The lowest BCUT2D eigenvalue weighted by atomic mass is 9.81. The first kappa shape index (κ1) is 18.8. The molecule has 146 valence electrons. The minimum atomic E-state index is 0.0250. The van der Waals surface area contributed by atoms with E-state index in [4.69, 9.17) is 5.73 Å². The van der Waals surface area contributed by atoms with Crippen LogP contribution in [-0.4, -0.2) is 28.9 Å². The van der Waals surface area contributed by atoms with Gasteiger partial charge in [0.25, 0.3) is 0 Å². The number of guanidine groups is 1. The van der Waals surface area contributed by atoms with Gasteiger partial charge in [0.2, 0.25) is 5.91 Å². The number of halogens is 1. The summed E-state index contributed by atoms with van der Waals surface area (Å²) in [4.78, 5) is 19.3. The van der Waals surface area contributed by atoms with Crippen molar-refractivity contribution in [2.75, 3.05) is 6.54 Å². The lowest BCUT2D eigenvalue weighted by Crippen LogP contribution is -2.51. The Labute approximate surface area is 169 Å². The Morgan fingerprint density at radius 2 is 2.30 bits per heavy atom. The molecule has 0 spiro atoms. The van der Waals surface area contributed by atoms with Gasteiger partial charge >= 0.3 is 0 Å². The molecule has 2 aliphatic carbocycles. The number of fused-ring (bicyclic) bond motifs is 3. The average molecular weight is 433 g/mol. The normalized spacial score (nSPS) is 29.3. The van der Waals surface area contributed by atoms with E-state index in [1.54, 1.807) is 0 Å². The van der Waals surface area contributed by atoms with E-state index in [0.717, 1.165) is 34.5 Å². The van der Waals surface area contributed by atoms with Crippen LogP contribution in [0.4, 0.5) is 5.69 Å². The number of aliphatic imine (C=N–C) groups is 1. The molecular formula is C21H29BrN4O. The molecule has 0 saturated heterocycles. The van der Waals surface area contributed by atoms with E-state index >= 15 is 0 Å². The first-order chi connectivity index (χ1) is 13.0. The van der Waals surface area contributed by atoms with Gasteiger partial charge in [-0.1, -0.05) is 35.7 Å². The van der Waals surface area contributed by atoms with Crippen molar-refractivity contribution < 1.29 is 4.79 Å². The Morgan fingerprint density at radius 3 is 3.07 bits per heavy atom. The third kappa shape index (κ3) is 3.73. The maximum absolute atomic E-state index is 12.8. The van der Waals surface area contributed by atoms with E-state index in [9.17, 15) is 4.79 Å². The number of hydrogen-bond acceptors (Lipinski definition) is 4. The van der Waals surface area contributed by atoms with E-state index in [-0.39, 0.29) is 11.4 Å². The highest BCUT2D eigenvalue weighted by Crippen LogP contribution is 2.49. The van der Waals surface area contributed by atoms with Gasteiger partial charge < -0.3 is 16.0 Å². The summed E-state index contributed by atoms with van der Waals surface area (Å²) in [6, 6.07) is 6.02. The molecule has 1 aliphatic heterocycles. The fraction of sp³-hybridized carbons (Fsp3) is 0.619. The zero-order valence-electron chi connectivity index (χ0n) is 16.0. The molecule has 6 heteroatoms. The molecule has 3 N–H and O–H groups in total. The van der Waals surface area contributed by atoms with Crippen molar-refractivity contribution in [3.8, 4) is 0 Å². The number of carbonyl (C=O) groups is 1. The topological polar surface area (TPSA) is 70.7 Å². The zero-order chi connectivity index (χ0) is 19.0. The van der Waals surface area contributed by atoms with Crippen LogP contribution < -0.4 is 11.1 Å². The number of nitrogens with one attached hydrogen (secondary N) is 1. The van der Waals surface area contributed by atoms with E-state index in [0.29, 0.717) is 31.4 Å².